The number of hydrogen-bond donors (Lipinski definition) is 1. The van der Waals surface area contributed by atoms with Crippen molar-refractivity contribution in [3.8, 4) is 0 Å². The maximum atomic E-state index is 12.0. The zero-order chi connectivity index (χ0) is 13.9. The molecule has 2 aromatic rings. The van der Waals surface area contributed by atoms with Crippen molar-refractivity contribution >= 4 is 28.5 Å². The summed E-state index contributed by atoms with van der Waals surface area (Å²) in [7, 11) is 0. The molecular formula is C16H16O3S. The number of carbonyl (C=O) groups excluding carboxylic acids is 1. The summed E-state index contributed by atoms with van der Waals surface area (Å²) >= 11 is 1.48. The molecule has 0 radical (unpaired) electrons. The third kappa shape index (κ3) is 2.97. The van der Waals surface area contributed by atoms with Crippen molar-refractivity contribution in [1.82, 2.24) is 0 Å². The van der Waals surface area contributed by atoms with Gasteiger partial charge in [-0.25, -0.2) is 4.79 Å². The van der Waals surface area contributed by atoms with Crippen LogP contribution in [0.5, 0.6) is 0 Å². The zero-order valence-electron chi connectivity index (χ0n) is 11.0. The van der Waals surface area contributed by atoms with E-state index in [0.29, 0.717) is 12.2 Å². The lowest BCUT2D eigenvalue weighted by atomic mass is 10.1. The molecule has 4 heteroatoms. The van der Waals surface area contributed by atoms with Crippen LogP contribution in [-0.4, -0.2) is 28.4 Å². The van der Waals surface area contributed by atoms with E-state index in [1.807, 2.05) is 36.4 Å². The van der Waals surface area contributed by atoms with Crippen LogP contribution in [0.4, 0.5) is 0 Å². The van der Waals surface area contributed by atoms with Crippen molar-refractivity contribution < 1.29 is 14.6 Å². The average molecular weight is 288 g/mol. The van der Waals surface area contributed by atoms with E-state index in [-0.39, 0.29) is 16.7 Å². The smallest absolute Gasteiger partial charge is 0.338 e. The molecule has 1 heterocycles. The highest BCUT2D eigenvalue weighted by Crippen LogP contribution is 2.32. The normalized spacial score (nSPS) is 22.1. The number of thioether (sulfide) groups is 1. The van der Waals surface area contributed by atoms with Crippen LogP contribution in [-0.2, 0) is 4.74 Å². The molecule has 1 aliphatic rings. The van der Waals surface area contributed by atoms with E-state index < -0.39 is 0 Å². The van der Waals surface area contributed by atoms with Gasteiger partial charge in [0.2, 0.25) is 0 Å². The first-order valence-electron chi connectivity index (χ1n) is 6.72. The Morgan fingerprint density at radius 3 is 2.75 bits per heavy atom. The van der Waals surface area contributed by atoms with E-state index in [0.717, 1.165) is 23.6 Å². The molecule has 1 N–H and O–H groups in total. The van der Waals surface area contributed by atoms with Crippen LogP contribution < -0.4 is 0 Å². The van der Waals surface area contributed by atoms with E-state index in [1.165, 1.54) is 11.8 Å². The summed E-state index contributed by atoms with van der Waals surface area (Å²) in [5, 5.41) is 11.8. The third-order valence-electron chi connectivity index (χ3n) is 3.47. The minimum atomic E-state index is -0.306. The summed E-state index contributed by atoms with van der Waals surface area (Å²) in [6, 6.07) is 13.5. The molecule has 0 amide bonds. The summed E-state index contributed by atoms with van der Waals surface area (Å²) < 4.78 is 5.34. The van der Waals surface area contributed by atoms with Crippen molar-refractivity contribution in [2.45, 2.75) is 23.5 Å². The predicted octanol–water partition coefficient (Wildman–Crippen LogP) is 3.21. The molecule has 1 fully saturated rings. The number of ether oxygens (including phenoxy) is 1. The highest BCUT2D eigenvalue weighted by Gasteiger charge is 2.24. The molecule has 1 saturated heterocycles. The summed E-state index contributed by atoms with van der Waals surface area (Å²) in [6.45, 7) is 0.368. The van der Waals surface area contributed by atoms with E-state index in [2.05, 4.69) is 0 Å². The van der Waals surface area contributed by atoms with Crippen molar-refractivity contribution in [3.05, 3.63) is 48.0 Å². The maximum Gasteiger partial charge on any atom is 0.338 e. The van der Waals surface area contributed by atoms with Crippen molar-refractivity contribution in [2.75, 3.05) is 6.61 Å². The molecule has 2 aromatic carbocycles. The largest absolute Gasteiger partial charge is 0.461 e. The molecule has 0 bridgehead atoms. The van der Waals surface area contributed by atoms with Crippen molar-refractivity contribution in [1.29, 1.82) is 0 Å². The van der Waals surface area contributed by atoms with Gasteiger partial charge in [0, 0.05) is 5.25 Å². The lowest BCUT2D eigenvalue weighted by Crippen LogP contribution is -2.14. The number of benzene rings is 2. The second kappa shape index (κ2) is 5.85. The standard InChI is InChI=1S/C16H16O3S/c17-15-8-7-14(20-15)10-19-16(18)13-6-5-11-3-1-2-4-12(11)9-13/h1-6,9,14-15,17H,7-8,10H2/t14-,15?/m0/s1. The topological polar surface area (TPSA) is 46.5 Å². The average Bonchev–Trinajstić information content (AvgIpc) is 2.90. The first-order chi connectivity index (χ1) is 9.72. The summed E-state index contributed by atoms with van der Waals surface area (Å²) in [4.78, 5) is 12.0. The van der Waals surface area contributed by atoms with E-state index >= 15 is 0 Å². The third-order valence-corrected chi connectivity index (χ3v) is 4.78. The monoisotopic (exact) mass is 288 g/mol. The van der Waals surface area contributed by atoms with Gasteiger partial charge in [-0.2, -0.15) is 0 Å². The van der Waals surface area contributed by atoms with Gasteiger partial charge in [0.15, 0.2) is 0 Å². The fourth-order valence-electron chi connectivity index (χ4n) is 2.38. The molecule has 0 saturated carbocycles. The zero-order valence-corrected chi connectivity index (χ0v) is 11.8. The van der Waals surface area contributed by atoms with Gasteiger partial charge in [-0.05, 0) is 35.7 Å². The summed E-state index contributed by atoms with van der Waals surface area (Å²) in [6.07, 6.45) is 1.68. The molecule has 3 nitrogen and oxygen atoms in total. The van der Waals surface area contributed by atoms with Gasteiger partial charge >= 0.3 is 5.97 Å². The molecule has 3 rings (SSSR count). The van der Waals surface area contributed by atoms with Gasteiger partial charge in [-0.1, -0.05) is 30.3 Å². The van der Waals surface area contributed by atoms with Crippen molar-refractivity contribution in [2.24, 2.45) is 0 Å². The Morgan fingerprint density at radius 1 is 1.20 bits per heavy atom. The molecule has 1 unspecified atom stereocenters. The van der Waals surface area contributed by atoms with Crippen LogP contribution in [0.25, 0.3) is 10.8 Å². The molecule has 0 aromatic heterocycles. The number of fused-ring (bicyclic) bond motifs is 1. The van der Waals surface area contributed by atoms with Gasteiger partial charge in [-0.3, -0.25) is 0 Å². The molecule has 0 aliphatic carbocycles. The first-order valence-corrected chi connectivity index (χ1v) is 7.66. The quantitative estimate of drug-likeness (QED) is 0.881. The van der Waals surface area contributed by atoms with Gasteiger partial charge in [0.25, 0.3) is 0 Å². The Kier molecular flexibility index (Phi) is 3.94. The Morgan fingerprint density at radius 2 is 2.00 bits per heavy atom. The first kappa shape index (κ1) is 13.5. The summed E-state index contributed by atoms with van der Waals surface area (Å²) in [5.41, 5.74) is 0.270. The number of esters is 1. The maximum absolute atomic E-state index is 12.0. The predicted molar refractivity (Wildman–Crippen MR) is 80.9 cm³/mol. The minimum absolute atomic E-state index is 0.217. The van der Waals surface area contributed by atoms with E-state index in [4.69, 9.17) is 4.74 Å². The fourth-order valence-corrected chi connectivity index (χ4v) is 3.51. The van der Waals surface area contributed by atoms with Crippen LogP contribution in [0.2, 0.25) is 0 Å². The molecule has 1 aliphatic heterocycles. The Bertz CT molecular complexity index is 626. The molecule has 2 atom stereocenters. The van der Waals surface area contributed by atoms with Crippen LogP contribution >= 0.6 is 11.8 Å². The van der Waals surface area contributed by atoms with Crippen LogP contribution in [0.15, 0.2) is 42.5 Å². The van der Waals surface area contributed by atoms with Gasteiger partial charge < -0.3 is 9.84 Å². The van der Waals surface area contributed by atoms with Gasteiger partial charge in [0.05, 0.1) is 11.0 Å². The fraction of sp³-hybridized carbons (Fsp3) is 0.312. The lowest BCUT2D eigenvalue weighted by molar-refractivity contribution is 0.0506. The highest BCUT2D eigenvalue weighted by molar-refractivity contribution is 8.00. The molecule has 104 valence electrons. The number of aliphatic hydroxyl groups is 1. The molecular weight excluding hydrogens is 272 g/mol. The van der Waals surface area contributed by atoms with Crippen LogP contribution in [0.1, 0.15) is 23.2 Å². The van der Waals surface area contributed by atoms with Crippen LogP contribution in [0.3, 0.4) is 0 Å². The SMILES string of the molecule is O=C(OC[C@@H]1CCC(O)S1)c1ccc2ccccc2c1. The number of rotatable bonds is 3. The second-order valence-electron chi connectivity index (χ2n) is 4.95. The molecule has 0 spiro atoms. The van der Waals surface area contributed by atoms with Gasteiger partial charge in [-0.15, -0.1) is 11.8 Å². The lowest BCUT2D eigenvalue weighted by Gasteiger charge is -2.10. The summed E-state index contributed by atoms with van der Waals surface area (Å²) in [5.74, 6) is -0.294. The van der Waals surface area contributed by atoms with E-state index in [1.54, 1.807) is 6.07 Å². The van der Waals surface area contributed by atoms with Crippen molar-refractivity contribution in [3.63, 3.8) is 0 Å². The van der Waals surface area contributed by atoms with Gasteiger partial charge in [0.1, 0.15) is 6.61 Å². The Balaban J connectivity index is 1.66. The Labute approximate surface area is 121 Å². The Hall–Kier alpha value is -1.52. The van der Waals surface area contributed by atoms with Crippen LogP contribution in [0, 0.1) is 0 Å². The number of hydrogen-bond acceptors (Lipinski definition) is 4. The minimum Gasteiger partial charge on any atom is -0.461 e. The second-order valence-corrected chi connectivity index (χ2v) is 6.43. The number of carbonyl (C=O) groups is 1. The highest BCUT2D eigenvalue weighted by atomic mass is 32.2. The molecule has 20 heavy (non-hydrogen) atoms. The van der Waals surface area contributed by atoms with E-state index in [9.17, 15) is 9.90 Å². The number of aliphatic hydroxyl groups excluding tert-OH is 1.